The molecule has 172 valence electrons. The van der Waals surface area contributed by atoms with Gasteiger partial charge in [0.25, 0.3) is 0 Å². The Morgan fingerprint density at radius 1 is 1.15 bits per heavy atom. The van der Waals surface area contributed by atoms with Crippen molar-refractivity contribution >= 4 is 28.9 Å². The average Bonchev–Trinajstić information content (AvgIpc) is 3.25. The SMILES string of the molecule is Cc1ccc(C)c(NC(=O)CCN2C(=S)NC(c3ccccn3)C2c2cc(C)n(C)c2C)c1. The van der Waals surface area contributed by atoms with Gasteiger partial charge in [-0.3, -0.25) is 9.78 Å². The Balaban J connectivity index is 1.58. The number of hydrogen-bond donors (Lipinski definition) is 2. The number of thiocarbonyl (C=S) groups is 1. The lowest BCUT2D eigenvalue weighted by Crippen LogP contribution is -2.33. The summed E-state index contributed by atoms with van der Waals surface area (Å²) in [6.07, 6.45) is 2.14. The molecule has 0 saturated carbocycles. The fraction of sp³-hybridized carbons (Fsp3) is 0.346. The average molecular weight is 462 g/mol. The van der Waals surface area contributed by atoms with Crippen molar-refractivity contribution in [2.45, 2.75) is 46.2 Å². The zero-order chi connectivity index (χ0) is 23.7. The van der Waals surface area contributed by atoms with Crippen LogP contribution in [0.3, 0.4) is 0 Å². The molecule has 7 heteroatoms. The van der Waals surface area contributed by atoms with E-state index < -0.39 is 0 Å². The molecule has 1 fully saturated rings. The molecule has 33 heavy (non-hydrogen) atoms. The van der Waals surface area contributed by atoms with Crippen LogP contribution in [0.15, 0.2) is 48.7 Å². The molecular weight excluding hydrogens is 430 g/mol. The number of rotatable bonds is 6. The van der Waals surface area contributed by atoms with Crippen molar-refractivity contribution < 1.29 is 4.79 Å². The summed E-state index contributed by atoms with van der Waals surface area (Å²) in [6.45, 7) is 8.78. The molecule has 0 radical (unpaired) electrons. The van der Waals surface area contributed by atoms with Crippen molar-refractivity contribution in [2.24, 2.45) is 7.05 Å². The highest BCUT2D eigenvalue weighted by molar-refractivity contribution is 7.80. The van der Waals surface area contributed by atoms with Crippen molar-refractivity contribution in [3.05, 3.63) is 82.4 Å². The molecule has 1 amide bonds. The number of benzene rings is 1. The van der Waals surface area contributed by atoms with Crippen LogP contribution >= 0.6 is 12.2 Å². The maximum absolute atomic E-state index is 12.8. The number of pyridine rings is 1. The van der Waals surface area contributed by atoms with Crippen LogP contribution in [0.25, 0.3) is 0 Å². The van der Waals surface area contributed by atoms with E-state index in [2.05, 4.69) is 52.0 Å². The molecule has 3 aromatic rings. The van der Waals surface area contributed by atoms with Gasteiger partial charge in [-0.25, -0.2) is 0 Å². The minimum Gasteiger partial charge on any atom is -0.352 e. The molecule has 1 aliphatic rings. The summed E-state index contributed by atoms with van der Waals surface area (Å²) in [5, 5.41) is 7.18. The van der Waals surface area contributed by atoms with Crippen LogP contribution in [0.1, 0.15) is 52.3 Å². The predicted octanol–water partition coefficient (Wildman–Crippen LogP) is 4.66. The molecule has 2 aromatic heterocycles. The van der Waals surface area contributed by atoms with Gasteiger partial charge in [0.1, 0.15) is 0 Å². The Morgan fingerprint density at radius 2 is 1.94 bits per heavy atom. The minimum absolute atomic E-state index is 0.0208. The molecule has 6 nitrogen and oxygen atoms in total. The lowest BCUT2D eigenvalue weighted by molar-refractivity contribution is -0.116. The fourth-order valence-corrected chi connectivity index (χ4v) is 4.81. The Bertz CT molecular complexity index is 1190. The quantitative estimate of drug-likeness (QED) is 0.523. The third kappa shape index (κ3) is 4.64. The third-order valence-corrected chi connectivity index (χ3v) is 6.93. The van der Waals surface area contributed by atoms with Crippen LogP contribution in [0.4, 0.5) is 5.69 Å². The lowest BCUT2D eigenvalue weighted by atomic mass is 9.96. The van der Waals surface area contributed by atoms with Crippen molar-refractivity contribution in [2.75, 3.05) is 11.9 Å². The summed E-state index contributed by atoms with van der Waals surface area (Å²) in [7, 11) is 2.08. The van der Waals surface area contributed by atoms with Gasteiger partial charge < -0.3 is 20.1 Å². The number of aryl methyl sites for hydroxylation is 3. The van der Waals surface area contributed by atoms with E-state index >= 15 is 0 Å². The first kappa shape index (κ1) is 23.0. The Hall–Kier alpha value is -3.19. The molecule has 4 rings (SSSR count). The second kappa shape index (κ2) is 9.35. The van der Waals surface area contributed by atoms with Crippen LogP contribution in [0.2, 0.25) is 0 Å². The Morgan fingerprint density at radius 3 is 2.61 bits per heavy atom. The largest absolute Gasteiger partial charge is 0.352 e. The molecule has 3 heterocycles. The summed E-state index contributed by atoms with van der Waals surface area (Å²) >= 11 is 5.75. The predicted molar refractivity (Wildman–Crippen MR) is 136 cm³/mol. The van der Waals surface area contributed by atoms with E-state index in [1.165, 1.54) is 17.0 Å². The number of anilines is 1. The third-order valence-electron chi connectivity index (χ3n) is 6.58. The van der Waals surface area contributed by atoms with Gasteiger partial charge in [0, 0.05) is 43.3 Å². The first-order chi connectivity index (χ1) is 15.8. The highest BCUT2D eigenvalue weighted by atomic mass is 32.1. The smallest absolute Gasteiger partial charge is 0.226 e. The van der Waals surface area contributed by atoms with Crippen molar-refractivity contribution in [1.29, 1.82) is 0 Å². The van der Waals surface area contributed by atoms with Crippen LogP contribution in [0, 0.1) is 27.7 Å². The monoisotopic (exact) mass is 461 g/mol. The molecular formula is C26H31N5OS. The first-order valence-corrected chi connectivity index (χ1v) is 11.6. The number of carbonyl (C=O) groups is 1. The topological polar surface area (TPSA) is 62.2 Å². The molecule has 1 aliphatic heterocycles. The zero-order valence-corrected chi connectivity index (χ0v) is 20.7. The molecule has 0 aliphatic carbocycles. The maximum Gasteiger partial charge on any atom is 0.226 e. The molecule has 1 aromatic carbocycles. The molecule has 2 atom stereocenters. The van der Waals surface area contributed by atoms with E-state index in [-0.39, 0.29) is 18.0 Å². The van der Waals surface area contributed by atoms with Gasteiger partial charge in [0.05, 0.1) is 17.8 Å². The van der Waals surface area contributed by atoms with Gasteiger partial charge >= 0.3 is 0 Å². The van der Waals surface area contributed by atoms with Crippen molar-refractivity contribution in [3.63, 3.8) is 0 Å². The number of aromatic nitrogens is 2. The summed E-state index contributed by atoms with van der Waals surface area (Å²) < 4.78 is 2.19. The van der Waals surface area contributed by atoms with Crippen molar-refractivity contribution in [3.8, 4) is 0 Å². The number of amides is 1. The number of carbonyl (C=O) groups excluding carboxylic acids is 1. The van der Waals surface area contributed by atoms with E-state index in [4.69, 9.17) is 12.2 Å². The van der Waals surface area contributed by atoms with Gasteiger partial charge in [0.2, 0.25) is 5.91 Å². The number of nitrogens with one attached hydrogen (secondary N) is 2. The maximum atomic E-state index is 12.8. The minimum atomic E-state index is -0.0821. The zero-order valence-electron chi connectivity index (χ0n) is 19.8. The summed E-state index contributed by atoms with van der Waals surface area (Å²) in [6, 6.07) is 14.1. The molecule has 0 bridgehead atoms. The van der Waals surface area contributed by atoms with Gasteiger partial charge in [-0.2, -0.15) is 0 Å². The normalized spacial score (nSPS) is 17.8. The Kier molecular flexibility index (Phi) is 6.51. The van der Waals surface area contributed by atoms with Crippen molar-refractivity contribution in [1.82, 2.24) is 19.8 Å². The molecule has 2 unspecified atom stereocenters. The fourth-order valence-electron chi connectivity index (χ4n) is 4.47. The number of hydrogen-bond acceptors (Lipinski definition) is 3. The highest BCUT2D eigenvalue weighted by Gasteiger charge is 2.41. The number of nitrogens with zero attached hydrogens (tertiary/aromatic N) is 3. The molecule has 0 spiro atoms. The summed E-state index contributed by atoms with van der Waals surface area (Å²) in [5.74, 6) is -0.0208. The van der Waals surface area contributed by atoms with E-state index in [1.54, 1.807) is 6.20 Å². The molecule has 1 saturated heterocycles. The van der Waals surface area contributed by atoms with Gasteiger partial charge in [0.15, 0.2) is 5.11 Å². The standard InChI is InChI=1S/C26H31N5OS/c1-16-9-10-17(2)22(14-16)28-23(32)11-13-31-25(20-15-18(3)30(5)19(20)4)24(29-26(31)33)21-8-6-7-12-27-21/h6-10,12,14-15,24-25H,11,13H2,1-5H3,(H,28,32)(H,29,33). The van der Waals surface area contributed by atoms with Crippen LogP contribution < -0.4 is 10.6 Å². The lowest BCUT2D eigenvalue weighted by Gasteiger charge is -2.28. The second-order valence-electron chi connectivity index (χ2n) is 8.82. The molecule has 2 N–H and O–H groups in total. The van der Waals surface area contributed by atoms with Crippen LogP contribution in [-0.4, -0.2) is 32.0 Å². The van der Waals surface area contributed by atoms with Gasteiger partial charge in [-0.15, -0.1) is 0 Å². The second-order valence-corrected chi connectivity index (χ2v) is 9.21. The van der Waals surface area contributed by atoms with E-state index in [0.29, 0.717) is 18.1 Å². The first-order valence-electron chi connectivity index (χ1n) is 11.2. The van der Waals surface area contributed by atoms with Gasteiger partial charge in [-0.1, -0.05) is 18.2 Å². The van der Waals surface area contributed by atoms with E-state index in [9.17, 15) is 4.79 Å². The van der Waals surface area contributed by atoms with Gasteiger partial charge in [-0.05, 0) is 80.9 Å². The van der Waals surface area contributed by atoms with Crippen LogP contribution in [-0.2, 0) is 11.8 Å². The van der Waals surface area contributed by atoms with Crippen LogP contribution in [0.5, 0.6) is 0 Å². The highest BCUT2D eigenvalue weighted by Crippen LogP contribution is 2.40. The van der Waals surface area contributed by atoms with E-state index in [0.717, 1.165) is 22.5 Å². The Labute approximate surface area is 201 Å². The summed E-state index contributed by atoms with van der Waals surface area (Å²) in [4.78, 5) is 19.6. The summed E-state index contributed by atoms with van der Waals surface area (Å²) in [5.41, 5.74) is 7.55. The van der Waals surface area contributed by atoms with E-state index in [1.807, 2.05) is 50.2 Å².